The fourth-order valence-corrected chi connectivity index (χ4v) is 3.87. The molecular weight excluding hydrogens is 264 g/mol. The molecule has 0 aromatic rings. The van der Waals surface area contributed by atoms with Crippen molar-refractivity contribution in [2.45, 2.75) is 43.9 Å². The fraction of sp³-hybridized carbons (Fsp3) is 0.846. The Bertz CT molecular complexity index is 351. The highest BCUT2D eigenvalue weighted by Gasteiger charge is 2.33. The summed E-state index contributed by atoms with van der Waals surface area (Å²) in [5.74, 6) is -0.247. The molecule has 0 aromatic carbocycles. The van der Waals surface area contributed by atoms with Crippen molar-refractivity contribution < 1.29 is 14.7 Å². The van der Waals surface area contributed by atoms with Crippen LogP contribution in [-0.4, -0.2) is 52.1 Å². The van der Waals surface area contributed by atoms with Gasteiger partial charge >= 0.3 is 12.0 Å². The van der Waals surface area contributed by atoms with E-state index in [1.807, 2.05) is 16.7 Å². The third-order valence-corrected chi connectivity index (χ3v) is 5.06. The van der Waals surface area contributed by atoms with E-state index in [-0.39, 0.29) is 12.1 Å². The molecule has 6 heteroatoms. The summed E-state index contributed by atoms with van der Waals surface area (Å²) < 4.78 is 0. The summed E-state index contributed by atoms with van der Waals surface area (Å²) in [6.07, 6.45) is 3.40. The van der Waals surface area contributed by atoms with Gasteiger partial charge in [-0.2, -0.15) is 11.8 Å². The van der Waals surface area contributed by atoms with Crippen LogP contribution in [0.25, 0.3) is 0 Å². The maximum Gasteiger partial charge on any atom is 0.317 e. The maximum atomic E-state index is 12.2. The molecular formula is C13H22N2O3S. The fourth-order valence-electron chi connectivity index (χ4n) is 2.85. The van der Waals surface area contributed by atoms with E-state index in [1.165, 1.54) is 0 Å². The molecule has 0 bridgehead atoms. The van der Waals surface area contributed by atoms with Gasteiger partial charge in [0.25, 0.3) is 0 Å². The molecule has 0 aromatic heterocycles. The van der Waals surface area contributed by atoms with Crippen LogP contribution in [-0.2, 0) is 4.79 Å². The minimum atomic E-state index is -0.785. The number of nitrogens with zero attached hydrogens (tertiary/aromatic N) is 1. The maximum absolute atomic E-state index is 12.2. The molecule has 108 valence electrons. The number of nitrogens with one attached hydrogen (secondary N) is 1. The Hall–Kier alpha value is -0.910. The van der Waals surface area contributed by atoms with Crippen molar-refractivity contribution >= 4 is 23.8 Å². The Labute approximate surface area is 118 Å². The number of carbonyl (C=O) groups excluding carboxylic acids is 1. The van der Waals surface area contributed by atoms with Crippen molar-refractivity contribution in [1.82, 2.24) is 10.2 Å². The van der Waals surface area contributed by atoms with Crippen LogP contribution in [0.3, 0.4) is 0 Å². The molecule has 1 aliphatic carbocycles. The normalized spacial score (nSPS) is 31.8. The van der Waals surface area contributed by atoms with Crippen LogP contribution in [0.4, 0.5) is 4.79 Å². The number of aliphatic carboxylic acids is 1. The lowest BCUT2D eigenvalue weighted by molar-refractivity contribution is -0.143. The standard InChI is InChI=1S/C13H22N2O3S/c1-9-8-15(6-7-19-9)13(18)14-11-5-3-2-4-10(11)12(16)17/h9-11H,2-8H2,1H3,(H,14,18)(H,16,17). The first-order valence-electron chi connectivity index (χ1n) is 6.98. The molecule has 0 spiro atoms. The minimum absolute atomic E-state index is 0.0923. The van der Waals surface area contributed by atoms with Gasteiger partial charge in [-0.3, -0.25) is 4.79 Å². The minimum Gasteiger partial charge on any atom is -0.481 e. The second-order valence-electron chi connectivity index (χ2n) is 5.41. The van der Waals surface area contributed by atoms with E-state index in [4.69, 9.17) is 0 Å². The third-order valence-electron chi connectivity index (χ3n) is 3.92. The first kappa shape index (κ1) is 14.5. The van der Waals surface area contributed by atoms with Crippen LogP contribution in [0.5, 0.6) is 0 Å². The molecule has 19 heavy (non-hydrogen) atoms. The number of urea groups is 1. The van der Waals surface area contributed by atoms with Crippen LogP contribution < -0.4 is 5.32 Å². The van der Waals surface area contributed by atoms with Crippen LogP contribution >= 0.6 is 11.8 Å². The van der Waals surface area contributed by atoms with E-state index in [0.29, 0.717) is 11.7 Å². The van der Waals surface area contributed by atoms with E-state index in [9.17, 15) is 14.7 Å². The Morgan fingerprint density at radius 3 is 2.74 bits per heavy atom. The lowest BCUT2D eigenvalue weighted by Crippen LogP contribution is -2.52. The summed E-state index contributed by atoms with van der Waals surface area (Å²) in [6.45, 7) is 3.62. The molecule has 5 nitrogen and oxygen atoms in total. The van der Waals surface area contributed by atoms with Gasteiger partial charge in [-0.15, -0.1) is 0 Å². The van der Waals surface area contributed by atoms with E-state index in [0.717, 1.165) is 38.1 Å². The van der Waals surface area contributed by atoms with Crippen molar-refractivity contribution in [1.29, 1.82) is 0 Å². The molecule has 2 rings (SSSR count). The zero-order valence-electron chi connectivity index (χ0n) is 11.3. The summed E-state index contributed by atoms with van der Waals surface area (Å²) in [6, 6.07) is -0.297. The summed E-state index contributed by atoms with van der Waals surface area (Å²) in [4.78, 5) is 25.2. The van der Waals surface area contributed by atoms with Crippen molar-refractivity contribution in [3.8, 4) is 0 Å². The number of hydrogen-bond donors (Lipinski definition) is 2. The Balaban J connectivity index is 1.91. The average molecular weight is 286 g/mol. The van der Waals surface area contributed by atoms with Gasteiger partial charge in [-0.25, -0.2) is 4.79 Å². The molecule has 1 aliphatic heterocycles. The predicted molar refractivity (Wildman–Crippen MR) is 75.4 cm³/mol. The SMILES string of the molecule is CC1CN(C(=O)NC2CCCCC2C(=O)O)CCS1. The number of carbonyl (C=O) groups is 2. The molecule has 1 saturated heterocycles. The molecule has 1 saturated carbocycles. The number of carboxylic acid groups (broad SMARTS) is 1. The second-order valence-corrected chi connectivity index (χ2v) is 6.96. The smallest absolute Gasteiger partial charge is 0.317 e. The zero-order valence-corrected chi connectivity index (χ0v) is 12.1. The van der Waals surface area contributed by atoms with Gasteiger partial charge in [0.15, 0.2) is 0 Å². The lowest BCUT2D eigenvalue weighted by Gasteiger charge is -2.34. The molecule has 0 radical (unpaired) electrons. The highest BCUT2D eigenvalue weighted by molar-refractivity contribution is 7.99. The Morgan fingerprint density at radius 2 is 2.05 bits per heavy atom. The number of amides is 2. The van der Waals surface area contributed by atoms with E-state index in [2.05, 4.69) is 12.2 Å². The zero-order chi connectivity index (χ0) is 13.8. The number of thioether (sulfide) groups is 1. The van der Waals surface area contributed by atoms with Crippen molar-refractivity contribution in [2.24, 2.45) is 5.92 Å². The third kappa shape index (κ3) is 3.78. The second kappa shape index (κ2) is 6.50. The summed E-state index contributed by atoms with van der Waals surface area (Å²) >= 11 is 1.87. The summed E-state index contributed by atoms with van der Waals surface area (Å²) in [5, 5.41) is 12.6. The lowest BCUT2D eigenvalue weighted by atomic mass is 9.84. The van der Waals surface area contributed by atoms with Gasteiger partial charge in [0, 0.05) is 30.1 Å². The molecule has 2 N–H and O–H groups in total. The van der Waals surface area contributed by atoms with Gasteiger partial charge in [0.05, 0.1) is 5.92 Å². The van der Waals surface area contributed by atoms with E-state index >= 15 is 0 Å². The van der Waals surface area contributed by atoms with Crippen LogP contribution in [0.2, 0.25) is 0 Å². The van der Waals surface area contributed by atoms with E-state index in [1.54, 1.807) is 0 Å². The molecule has 3 unspecified atom stereocenters. The number of carboxylic acids is 1. The summed E-state index contributed by atoms with van der Waals surface area (Å²) in [5.41, 5.74) is 0. The van der Waals surface area contributed by atoms with Crippen molar-refractivity contribution in [3.05, 3.63) is 0 Å². The van der Waals surface area contributed by atoms with Gasteiger partial charge in [0.2, 0.25) is 0 Å². The molecule has 1 heterocycles. The Kier molecular flexibility index (Phi) is 4.96. The Morgan fingerprint density at radius 1 is 1.32 bits per heavy atom. The van der Waals surface area contributed by atoms with Gasteiger partial charge < -0.3 is 15.3 Å². The molecule has 2 fully saturated rings. The van der Waals surface area contributed by atoms with Crippen LogP contribution in [0.1, 0.15) is 32.6 Å². The largest absolute Gasteiger partial charge is 0.481 e. The topological polar surface area (TPSA) is 69.6 Å². The summed E-state index contributed by atoms with van der Waals surface area (Å²) in [7, 11) is 0. The average Bonchev–Trinajstić information content (AvgIpc) is 2.39. The van der Waals surface area contributed by atoms with Gasteiger partial charge in [-0.1, -0.05) is 19.8 Å². The highest BCUT2D eigenvalue weighted by Crippen LogP contribution is 2.25. The molecule has 2 aliphatic rings. The molecule has 2 amide bonds. The van der Waals surface area contributed by atoms with Crippen molar-refractivity contribution in [2.75, 3.05) is 18.8 Å². The van der Waals surface area contributed by atoms with Crippen LogP contribution in [0.15, 0.2) is 0 Å². The number of rotatable bonds is 2. The van der Waals surface area contributed by atoms with Gasteiger partial charge in [0.1, 0.15) is 0 Å². The number of hydrogen-bond acceptors (Lipinski definition) is 3. The highest BCUT2D eigenvalue weighted by atomic mass is 32.2. The first-order valence-corrected chi connectivity index (χ1v) is 8.02. The van der Waals surface area contributed by atoms with E-state index < -0.39 is 11.9 Å². The first-order chi connectivity index (χ1) is 9.08. The van der Waals surface area contributed by atoms with Crippen LogP contribution in [0, 0.1) is 5.92 Å². The quantitative estimate of drug-likeness (QED) is 0.812. The van der Waals surface area contributed by atoms with Gasteiger partial charge in [-0.05, 0) is 12.8 Å². The van der Waals surface area contributed by atoms with Crippen molar-refractivity contribution in [3.63, 3.8) is 0 Å². The molecule has 3 atom stereocenters. The predicted octanol–water partition coefficient (Wildman–Crippen LogP) is 1.78. The monoisotopic (exact) mass is 286 g/mol.